The average molecular weight is 285 g/mol. The zero-order valence-electron chi connectivity index (χ0n) is 12.9. The molecule has 1 spiro atoms. The summed E-state index contributed by atoms with van der Waals surface area (Å²) >= 11 is 0. The Labute approximate surface area is 129 Å². The molecule has 0 aromatic rings. The number of allylic oxidation sites excluding steroid dienone is 1. The second kappa shape index (κ2) is 7.69. The van der Waals surface area contributed by atoms with Gasteiger partial charge in [0.05, 0.1) is 6.10 Å². The zero-order valence-corrected chi connectivity index (χ0v) is 12.9. The van der Waals surface area contributed by atoms with Crippen LogP contribution in [0.25, 0.3) is 0 Å². The van der Waals surface area contributed by atoms with Crippen LogP contribution in [0, 0.1) is 30.6 Å². The van der Waals surface area contributed by atoms with Gasteiger partial charge in [-0.05, 0) is 51.0 Å². The fraction of sp³-hybridized carbons (Fsp3) is 0.684. The van der Waals surface area contributed by atoms with Crippen LogP contribution in [0.1, 0.15) is 57.8 Å². The first-order valence-electron chi connectivity index (χ1n) is 8.24. The van der Waals surface area contributed by atoms with E-state index >= 15 is 0 Å². The van der Waals surface area contributed by atoms with Crippen molar-refractivity contribution < 1.29 is 5.11 Å². The van der Waals surface area contributed by atoms with Gasteiger partial charge in [0.1, 0.15) is 0 Å². The molecule has 0 radical (unpaired) electrons. The van der Waals surface area contributed by atoms with E-state index in [4.69, 9.17) is 12.8 Å². The van der Waals surface area contributed by atoms with E-state index in [2.05, 4.69) is 17.2 Å². The fourth-order valence-electron chi connectivity index (χ4n) is 4.15. The van der Waals surface area contributed by atoms with Crippen molar-refractivity contribution in [3.05, 3.63) is 12.2 Å². The first-order valence-corrected chi connectivity index (χ1v) is 8.24. The van der Waals surface area contributed by atoms with Gasteiger partial charge in [0.15, 0.2) is 0 Å². The third-order valence-corrected chi connectivity index (χ3v) is 5.12. The Morgan fingerprint density at radius 2 is 2.00 bits per heavy atom. The molecule has 1 aliphatic carbocycles. The van der Waals surface area contributed by atoms with E-state index in [-0.39, 0.29) is 17.6 Å². The number of hydrogen-bond donors (Lipinski definition) is 2. The highest BCUT2D eigenvalue weighted by molar-refractivity contribution is 5.17. The van der Waals surface area contributed by atoms with Crippen molar-refractivity contribution in [3.63, 3.8) is 0 Å². The van der Waals surface area contributed by atoms with E-state index in [1.54, 1.807) is 6.08 Å². The molecule has 2 N–H and O–H groups in total. The molecule has 114 valence electrons. The molecule has 1 saturated heterocycles. The van der Waals surface area contributed by atoms with Crippen molar-refractivity contribution >= 4 is 0 Å². The smallest absolute Gasteiger partial charge is 0.0620 e. The molecule has 0 aromatic heterocycles. The number of aliphatic hydroxyl groups excluding tert-OH is 1. The maximum atomic E-state index is 10.4. The highest BCUT2D eigenvalue weighted by Crippen LogP contribution is 2.41. The lowest BCUT2D eigenvalue weighted by atomic mass is 9.66. The number of nitrogens with one attached hydrogen (secondary N) is 1. The van der Waals surface area contributed by atoms with Crippen molar-refractivity contribution in [3.8, 4) is 24.7 Å². The Morgan fingerprint density at radius 1 is 1.24 bits per heavy atom. The van der Waals surface area contributed by atoms with Crippen LogP contribution in [0.3, 0.4) is 0 Å². The number of hydrogen-bond acceptors (Lipinski definition) is 2. The number of unbranched alkanes of at least 4 members (excludes halogenated alkanes) is 1. The Bertz CT molecular complexity index is 437. The SMILES string of the molecule is C#C/C=C\[C@@H]1[C@H](O)CCC[C@]12CCC[C@@H](CCCC#C)N2. The largest absolute Gasteiger partial charge is 0.392 e. The van der Waals surface area contributed by atoms with E-state index < -0.39 is 0 Å². The molecule has 0 bridgehead atoms. The minimum Gasteiger partial charge on any atom is -0.392 e. The quantitative estimate of drug-likeness (QED) is 0.615. The van der Waals surface area contributed by atoms with Crippen LogP contribution in [0.2, 0.25) is 0 Å². The van der Waals surface area contributed by atoms with E-state index in [9.17, 15) is 5.11 Å². The molecule has 2 aliphatic rings. The molecule has 0 aromatic carbocycles. The lowest BCUT2D eigenvalue weighted by molar-refractivity contribution is 0.00278. The summed E-state index contributed by atoms with van der Waals surface area (Å²) in [5.41, 5.74) is 0.0318. The predicted molar refractivity (Wildman–Crippen MR) is 87.5 cm³/mol. The monoisotopic (exact) mass is 285 g/mol. The van der Waals surface area contributed by atoms with Gasteiger partial charge in [0.25, 0.3) is 0 Å². The normalized spacial score (nSPS) is 36.4. The summed E-state index contributed by atoms with van der Waals surface area (Å²) in [5.74, 6) is 5.43. The van der Waals surface area contributed by atoms with Crippen LogP contribution >= 0.6 is 0 Å². The molecule has 2 fully saturated rings. The highest BCUT2D eigenvalue weighted by atomic mass is 16.3. The van der Waals surface area contributed by atoms with Crippen LogP contribution in [0.15, 0.2) is 12.2 Å². The van der Waals surface area contributed by atoms with E-state index in [0.29, 0.717) is 6.04 Å². The van der Waals surface area contributed by atoms with Crippen molar-refractivity contribution in [2.75, 3.05) is 0 Å². The number of piperidine rings is 1. The summed E-state index contributed by atoms with van der Waals surface area (Å²) in [6.07, 6.45) is 24.0. The third-order valence-electron chi connectivity index (χ3n) is 5.12. The average Bonchev–Trinajstić information content (AvgIpc) is 2.47. The Kier molecular flexibility index (Phi) is 5.92. The maximum Gasteiger partial charge on any atom is 0.0620 e. The molecule has 1 aliphatic heterocycles. The summed E-state index contributed by atoms with van der Waals surface area (Å²) in [6, 6.07) is 0.527. The van der Waals surface area contributed by atoms with E-state index in [0.717, 1.165) is 44.9 Å². The lowest BCUT2D eigenvalue weighted by Gasteiger charge is -2.51. The number of rotatable bonds is 4. The summed E-state index contributed by atoms with van der Waals surface area (Å²) in [7, 11) is 0. The van der Waals surface area contributed by atoms with Crippen molar-refractivity contribution in [1.82, 2.24) is 5.32 Å². The molecule has 1 saturated carbocycles. The van der Waals surface area contributed by atoms with Gasteiger partial charge in [-0.25, -0.2) is 0 Å². The van der Waals surface area contributed by atoms with Crippen LogP contribution in [0.5, 0.6) is 0 Å². The van der Waals surface area contributed by atoms with Crippen LogP contribution in [-0.2, 0) is 0 Å². The Morgan fingerprint density at radius 3 is 2.71 bits per heavy atom. The summed E-state index contributed by atoms with van der Waals surface area (Å²) < 4.78 is 0. The van der Waals surface area contributed by atoms with Gasteiger partial charge in [-0.1, -0.05) is 18.4 Å². The first-order chi connectivity index (χ1) is 10.2. The van der Waals surface area contributed by atoms with Crippen molar-refractivity contribution in [2.45, 2.75) is 75.5 Å². The summed E-state index contributed by atoms with van der Waals surface area (Å²) in [6.45, 7) is 0. The Balaban J connectivity index is 2.07. The molecule has 0 unspecified atom stereocenters. The molecule has 4 atom stereocenters. The number of aliphatic hydroxyl groups is 1. The van der Waals surface area contributed by atoms with Crippen LogP contribution in [0.4, 0.5) is 0 Å². The standard InChI is InChI=1S/C19H27NO/c1-3-5-7-10-16-11-8-14-19(20-16)15-9-13-18(21)17(19)12-6-4-2/h1-2,6,12,16-18,20-21H,5,7-11,13-15H2/b12-6-/t16-,17-,18-,19-/m1/s1. The van der Waals surface area contributed by atoms with Crippen LogP contribution < -0.4 is 5.32 Å². The molecule has 0 amide bonds. The van der Waals surface area contributed by atoms with Crippen molar-refractivity contribution in [2.24, 2.45) is 5.92 Å². The van der Waals surface area contributed by atoms with Gasteiger partial charge in [-0.3, -0.25) is 0 Å². The van der Waals surface area contributed by atoms with Gasteiger partial charge in [0.2, 0.25) is 0 Å². The lowest BCUT2D eigenvalue weighted by Crippen LogP contribution is -2.61. The zero-order chi connectivity index (χ0) is 15.1. The summed E-state index contributed by atoms with van der Waals surface area (Å²) in [4.78, 5) is 0. The first kappa shape index (κ1) is 16.2. The highest BCUT2D eigenvalue weighted by Gasteiger charge is 2.45. The van der Waals surface area contributed by atoms with Gasteiger partial charge in [0, 0.05) is 23.9 Å². The van der Waals surface area contributed by atoms with Crippen LogP contribution in [-0.4, -0.2) is 22.8 Å². The predicted octanol–water partition coefficient (Wildman–Crippen LogP) is 3.02. The molecule has 1 heterocycles. The second-order valence-electron chi connectivity index (χ2n) is 6.50. The molecule has 2 rings (SSSR count). The number of terminal acetylenes is 2. The van der Waals surface area contributed by atoms with E-state index in [1.165, 1.54) is 12.8 Å². The molecule has 21 heavy (non-hydrogen) atoms. The van der Waals surface area contributed by atoms with Gasteiger partial charge in [-0.2, -0.15) is 0 Å². The minimum atomic E-state index is -0.277. The second-order valence-corrected chi connectivity index (χ2v) is 6.50. The Hall–Kier alpha value is -1.22. The summed E-state index contributed by atoms with van der Waals surface area (Å²) in [5, 5.41) is 14.3. The van der Waals surface area contributed by atoms with Crippen molar-refractivity contribution in [1.29, 1.82) is 0 Å². The van der Waals surface area contributed by atoms with Gasteiger partial charge < -0.3 is 10.4 Å². The van der Waals surface area contributed by atoms with E-state index in [1.807, 2.05) is 6.08 Å². The molecule has 2 nitrogen and oxygen atoms in total. The molecular weight excluding hydrogens is 258 g/mol. The van der Waals surface area contributed by atoms with Gasteiger partial charge in [-0.15, -0.1) is 18.8 Å². The maximum absolute atomic E-state index is 10.4. The topological polar surface area (TPSA) is 32.3 Å². The third kappa shape index (κ3) is 3.91. The fourth-order valence-corrected chi connectivity index (χ4v) is 4.15. The van der Waals surface area contributed by atoms with Gasteiger partial charge >= 0.3 is 0 Å². The minimum absolute atomic E-state index is 0.0318. The molecule has 2 heteroatoms. The molecular formula is C19H27NO.